The number of nitrogens with zero attached hydrogens (tertiary/aromatic N) is 1. The lowest BCUT2D eigenvalue weighted by Crippen LogP contribution is -2.56. The van der Waals surface area contributed by atoms with Crippen LogP contribution in [0.2, 0.25) is 0 Å². The number of quaternary nitrogens is 1. The highest BCUT2D eigenvalue weighted by atomic mass is 16.3. The maximum Gasteiger partial charge on any atom is 0.119 e. The first-order chi connectivity index (χ1) is 5.55. The summed E-state index contributed by atoms with van der Waals surface area (Å²) in [6, 6.07) is 0.520. The molecule has 0 aromatic carbocycles. The fraction of sp³-hybridized carbons (Fsp3) is 1.00. The number of aliphatic hydroxyl groups is 1. The summed E-state index contributed by atoms with van der Waals surface area (Å²) in [6.07, 6.45) is 4.88. The second-order valence-corrected chi connectivity index (χ2v) is 5.05. The minimum atomic E-state index is -0.380. The molecule has 0 aliphatic carbocycles. The van der Waals surface area contributed by atoms with Crippen molar-refractivity contribution in [3.8, 4) is 0 Å². The van der Waals surface area contributed by atoms with Gasteiger partial charge in [0.15, 0.2) is 0 Å². The molecule has 0 amide bonds. The van der Waals surface area contributed by atoms with E-state index < -0.39 is 0 Å². The number of likely N-dealkylation sites (N-methyl/N-ethyl adjacent to an activating group) is 1. The van der Waals surface area contributed by atoms with E-state index in [1.54, 1.807) is 0 Å². The second kappa shape index (κ2) is 2.46. The van der Waals surface area contributed by atoms with Crippen LogP contribution in [0, 0.1) is 0 Å². The molecule has 2 nitrogen and oxygen atoms in total. The lowest BCUT2D eigenvalue weighted by Gasteiger charge is -2.42. The number of piperidine rings is 1. The van der Waals surface area contributed by atoms with Crippen molar-refractivity contribution in [3.05, 3.63) is 0 Å². The van der Waals surface area contributed by atoms with Gasteiger partial charge in [0.2, 0.25) is 0 Å². The van der Waals surface area contributed by atoms with E-state index in [1.807, 2.05) is 6.92 Å². The normalized spacial score (nSPS) is 53.8. The van der Waals surface area contributed by atoms with Gasteiger partial charge in [-0.3, -0.25) is 0 Å². The molecule has 0 aromatic rings. The summed E-state index contributed by atoms with van der Waals surface area (Å²) < 4.78 is 1.13. The average molecular weight is 170 g/mol. The van der Waals surface area contributed by atoms with Gasteiger partial charge < -0.3 is 9.59 Å². The summed E-state index contributed by atoms with van der Waals surface area (Å²) in [5.41, 5.74) is -0.380. The van der Waals surface area contributed by atoms with Crippen LogP contribution in [0.15, 0.2) is 0 Å². The molecule has 2 fully saturated rings. The van der Waals surface area contributed by atoms with Crippen molar-refractivity contribution in [2.24, 2.45) is 0 Å². The molecule has 2 aliphatic rings. The number of fused-ring (bicyclic) bond motifs is 1. The predicted octanol–water partition coefficient (Wildman–Crippen LogP) is 1.14. The zero-order valence-electron chi connectivity index (χ0n) is 8.21. The van der Waals surface area contributed by atoms with Gasteiger partial charge in [0, 0.05) is 12.8 Å². The topological polar surface area (TPSA) is 20.2 Å². The highest BCUT2D eigenvalue weighted by Gasteiger charge is 2.52. The summed E-state index contributed by atoms with van der Waals surface area (Å²) in [6.45, 7) is 4.48. The number of rotatable bonds is 0. The molecule has 0 spiro atoms. The highest BCUT2D eigenvalue weighted by Crippen LogP contribution is 2.39. The number of hydrogen-bond acceptors (Lipinski definition) is 1. The van der Waals surface area contributed by atoms with E-state index in [4.69, 9.17) is 0 Å². The summed E-state index contributed by atoms with van der Waals surface area (Å²) in [7, 11) is 2.31. The first kappa shape index (κ1) is 8.52. The molecule has 12 heavy (non-hydrogen) atoms. The first-order valence-corrected chi connectivity index (χ1v) is 5.11. The molecular weight excluding hydrogens is 150 g/mol. The predicted molar refractivity (Wildman–Crippen MR) is 48.8 cm³/mol. The Bertz CT molecular complexity index is 190. The lowest BCUT2D eigenvalue weighted by atomic mass is 9.89. The third kappa shape index (κ3) is 1.09. The standard InChI is InChI=1S/C10H20NO/c1-10(12)6-8-11(2)7-4-3-5-9(10)11/h9,12H,3-8H2,1-2H3/q+1. The first-order valence-electron chi connectivity index (χ1n) is 5.11. The Hall–Kier alpha value is -0.0800. The van der Waals surface area contributed by atoms with E-state index in [-0.39, 0.29) is 5.60 Å². The Morgan fingerprint density at radius 1 is 1.33 bits per heavy atom. The third-order valence-corrected chi connectivity index (χ3v) is 4.00. The van der Waals surface area contributed by atoms with Gasteiger partial charge in [-0.05, 0) is 19.8 Å². The van der Waals surface area contributed by atoms with Gasteiger partial charge in [-0.1, -0.05) is 0 Å². The Morgan fingerprint density at radius 2 is 2.08 bits per heavy atom. The van der Waals surface area contributed by atoms with Crippen LogP contribution in [0.25, 0.3) is 0 Å². The molecule has 70 valence electrons. The van der Waals surface area contributed by atoms with E-state index in [2.05, 4.69) is 7.05 Å². The smallest absolute Gasteiger partial charge is 0.119 e. The van der Waals surface area contributed by atoms with Crippen molar-refractivity contribution in [2.75, 3.05) is 20.1 Å². The summed E-state index contributed by atoms with van der Waals surface area (Å²) in [4.78, 5) is 0. The van der Waals surface area contributed by atoms with Gasteiger partial charge in [-0.2, -0.15) is 0 Å². The van der Waals surface area contributed by atoms with Crippen LogP contribution in [-0.2, 0) is 0 Å². The zero-order valence-corrected chi connectivity index (χ0v) is 8.21. The van der Waals surface area contributed by atoms with Gasteiger partial charge in [0.05, 0.1) is 20.1 Å². The molecule has 2 rings (SSSR count). The molecule has 2 saturated heterocycles. The largest absolute Gasteiger partial charge is 0.384 e. The molecule has 1 N–H and O–H groups in total. The molecule has 0 saturated carbocycles. The van der Waals surface area contributed by atoms with Crippen molar-refractivity contribution >= 4 is 0 Å². The van der Waals surface area contributed by atoms with Gasteiger partial charge in [0.25, 0.3) is 0 Å². The molecule has 0 bridgehead atoms. The van der Waals surface area contributed by atoms with Gasteiger partial charge in [-0.25, -0.2) is 0 Å². The van der Waals surface area contributed by atoms with Crippen LogP contribution in [0.1, 0.15) is 32.6 Å². The zero-order chi connectivity index (χ0) is 8.82. The van der Waals surface area contributed by atoms with Crippen LogP contribution < -0.4 is 0 Å². The van der Waals surface area contributed by atoms with Crippen molar-refractivity contribution in [1.29, 1.82) is 0 Å². The van der Waals surface area contributed by atoms with Crippen LogP contribution in [0.5, 0.6) is 0 Å². The molecule has 2 heteroatoms. The van der Waals surface area contributed by atoms with E-state index in [1.165, 1.54) is 32.4 Å². The second-order valence-electron chi connectivity index (χ2n) is 5.05. The van der Waals surface area contributed by atoms with Gasteiger partial charge in [0.1, 0.15) is 11.6 Å². The molecule has 2 aliphatic heterocycles. The molecule has 2 heterocycles. The van der Waals surface area contributed by atoms with Crippen molar-refractivity contribution < 1.29 is 9.59 Å². The van der Waals surface area contributed by atoms with Gasteiger partial charge >= 0.3 is 0 Å². The van der Waals surface area contributed by atoms with Gasteiger partial charge in [-0.15, -0.1) is 0 Å². The fourth-order valence-corrected chi connectivity index (χ4v) is 3.18. The van der Waals surface area contributed by atoms with Crippen LogP contribution in [0.3, 0.4) is 0 Å². The summed E-state index contributed by atoms with van der Waals surface area (Å²) in [5, 5.41) is 10.1. The van der Waals surface area contributed by atoms with E-state index in [9.17, 15) is 5.11 Å². The van der Waals surface area contributed by atoms with Crippen molar-refractivity contribution in [2.45, 2.75) is 44.2 Å². The Labute approximate surface area is 74.8 Å². The Kier molecular flexibility index (Phi) is 1.74. The maximum atomic E-state index is 10.1. The summed E-state index contributed by atoms with van der Waals surface area (Å²) >= 11 is 0. The quantitative estimate of drug-likeness (QED) is 0.541. The Balaban J connectivity index is 2.22. The van der Waals surface area contributed by atoms with E-state index in [0.29, 0.717) is 6.04 Å². The average Bonchev–Trinajstić information content (AvgIpc) is 2.24. The minimum Gasteiger partial charge on any atom is -0.384 e. The van der Waals surface area contributed by atoms with Crippen molar-refractivity contribution in [3.63, 3.8) is 0 Å². The van der Waals surface area contributed by atoms with E-state index >= 15 is 0 Å². The summed E-state index contributed by atoms with van der Waals surface area (Å²) in [5.74, 6) is 0. The van der Waals surface area contributed by atoms with E-state index in [0.717, 1.165) is 10.9 Å². The molecule has 0 aromatic heterocycles. The molecule has 3 atom stereocenters. The molecule has 0 radical (unpaired) electrons. The Morgan fingerprint density at radius 3 is 2.75 bits per heavy atom. The maximum absolute atomic E-state index is 10.1. The molecule has 3 unspecified atom stereocenters. The molecular formula is C10H20NO+. The fourth-order valence-electron chi connectivity index (χ4n) is 3.18. The number of hydrogen-bond donors (Lipinski definition) is 1. The van der Waals surface area contributed by atoms with Crippen LogP contribution in [-0.4, -0.2) is 41.4 Å². The highest BCUT2D eigenvalue weighted by molar-refractivity contribution is 4.90. The monoisotopic (exact) mass is 170 g/mol. The van der Waals surface area contributed by atoms with Crippen LogP contribution in [0.4, 0.5) is 0 Å². The third-order valence-electron chi connectivity index (χ3n) is 4.00. The van der Waals surface area contributed by atoms with Crippen LogP contribution >= 0.6 is 0 Å². The lowest BCUT2D eigenvalue weighted by molar-refractivity contribution is -0.929. The SMILES string of the molecule is CC1(O)CC[N+]2(C)CCCCC12. The minimum absolute atomic E-state index is 0.380. The van der Waals surface area contributed by atoms with Crippen molar-refractivity contribution in [1.82, 2.24) is 0 Å².